The second-order valence-electron chi connectivity index (χ2n) is 5.14. The fourth-order valence-electron chi connectivity index (χ4n) is 2.60. The van der Waals surface area contributed by atoms with Gasteiger partial charge in [-0.3, -0.25) is 4.98 Å². The first kappa shape index (κ1) is 13.6. The minimum absolute atomic E-state index is 0.388. The van der Waals surface area contributed by atoms with Crippen molar-refractivity contribution in [2.45, 2.75) is 31.9 Å². The van der Waals surface area contributed by atoms with Crippen LogP contribution < -0.4 is 11.1 Å². The lowest BCUT2D eigenvalue weighted by atomic mass is 9.89. The SMILES string of the molecule is CCOC1CC(Nc2c(N)cnc3ccc(Br)cc23)C1. The standard InChI is InChI=1S/C15H18BrN3O/c1-2-20-11-6-10(7-11)19-15-12-5-9(16)3-4-14(12)18-8-13(15)17/h3-5,8,10-11H,2,6-7,17H2,1H3,(H,18,19). The number of nitrogens with zero attached hydrogens (tertiary/aromatic N) is 1. The minimum atomic E-state index is 0.388. The van der Waals surface area contributed by atoms with Gasteiger partial charge in [0.1, 0.15) is 0 Å². The van der Waals surface area contributed by atoms with E-state index in [2.05, 4.69) is 32.3 Å². The molecule has 0 aliphatic heterocycles. The molecule has 3 rings (SSSR count). The van der Waals surface area contributed by atoms with E-state index >= 15 is 0 Å². The highest BCUT2D eigenvalue weighted by Gasteiger charge is 2.30. The number of benzene rings is 1. The molecule has 106 valence electrons. The first-order valence-corrected chi connectivity index (χ1v) is 7.68. The van der Waals surface area contributed by atoms with E-state index < -0.39 is 0 Å². The Kier molecular flexibility index (Phi) is 3.81. The summed E-state index contributed by atoms with van der Waals surface area (Å²) in [6, 6.07) is 6.47. The van der Waals surface area contributed by atoms with Crippen LogP contribution in [0.2, 0.25) is 0 Å². The van der Waals surface area contributed by atoms with Gasteiger partial charge in [0.05, 0.1) is 29.2 Å². The van der Waals surface area contributed by atoms with E-state index in [1.807, 2.05) is 19.1 Å². The molecule has 4 nitrogen and oxygen atoms in total. The molecule has 0 unspecified atom stereocenters. The van der Waals surface area contributed by atoms with Crippen molar-refractivity contribution >= 4 is 38.2 Å². The van der Waals surface area contributed by atoms with Crippen molar-refractivity contribution in [1.29, 1.82) is 0 Å². The Morgan fingerprint density at radius 2 is 2.25 bits per heavy atom. The molecule has 20 heavy (non-hydrogen) atoms. The maximum Gasteiger partial charge on any atom is 0.0743 e. The summed E-state index contributed by atoms with van der Waals surface area (Å²) in [7, 11) is 0. The molecule has 5 heteroatoms. The van der Waals surface area contributed by atoms with E-state index in [9.17, 15) is 0 Å². The summed E-state index contributed by atoms with van der Waals surface area (Å²) in [6.07, 6.45) is 4.17. The lowest BCUT2D eigenvalue weighted by Gasteiger charge is -2.36. The molecule has 3 N–H and O–H groups in total. The highest BCUT2D eigenvalue weighted by atomic mass is 79.9. The number of nitrogens with one attached hydrogen (secondary N) is 1. The fourth-order valence-corrected chi connectivity index (χ4v) is 2.96. The molecule has 0 radical (unpaired) electrons. The van der Waals surface area contributed by atoms with Gasteiger partial charge in [0.25, 0.3) is 0 Å². The number of nitrogen functional groups attached to an aromatic ring is 1. The number of pyridine rings is 1. The second kappa shape index (κ2) is 5.58. The molecule has 1 heterocycles. The molecule has 2 aromatic rings. The zero-order valence-electron chi connectivity index (χ0n) is 11.4. The molecule has 1 aromatic carbocycles. The van der Waals surface area contributed by atoms with E-state index in [0.29, 0.717) is 17.8 Å². The van der Waals surface area contributed by atoms with Gasteiger partial charge < -0.3 is 15.8 Å². The molecular formula is C15H18BrN3O. The van der Waals surface area contributed by atoms with Crippen molar-refractivity contribution in [2.75, 3.05) is 17.7 Å². The predicted octanol–water partition coefficient (Wildman–Crippen LogP) is 3.56. The highest BCUT2D eigenvalue weighted by Crippen LogP contribution is 2.34. The number of fused-ring (bicyclic) bond motifs is 1. The lowest BCUT2D eigenvalue weighted by molar-refractivity contribution is 0.00303. The van der Waals surface area contributed by atoms with Crippen molar-refractivity contribution in [3.63, 3.8) is 0 Å². The Labute approximate surface area is 126 Å². The summed E-state index contributed by atoms with van der Waals surface area (Å²) in [5, 5.41) is 4.59. The molecule has 1 fully saturated rings. The third kappa shape index (κ3) is 2.60. The van der Waals surface area contributed by atoms with Gasteiger partial charge in [-0.15, -0.1) is 0 Å². The summed E-state index contributed by atoms with van der Waals surface area (Å²) in [4.78, 5) is 4.37. The Hall–Kier alpha value is -1.33. The number of hydrogen-bond donors (Lipinski definition) is 2. The lowest BCUT2D eigenvalue weighted by Crippen LogP contribution is -2.41. The third-order valence-corrected chi connectivity index (χ3v) is 4.20. The average molecular weight is 336 g/mol. The fraction of sp³-hybridized carbons (Fsp3) is 0.400. The van der Waals surface area contributed by atoms with Crippen LogP contribution in [0, 0.1) is 0 Å². The van der Waals surface area contributed by atoms with Crippen molar-refractivity contribution in [2.24, 2.45) is 0 Å². The number of rotatable bonds is 4. The van der Waals surface area contributed by atoms with Crippen LogP contribution in [0.1, 0.15) is 19.8 Å². The van der Waals surface area contributed by atoms with Gasteiger partial charge in [-0.25, -0.2) is 0 Å². The Balaban J connectivity index is 1.84. The maximum absolute atomic E-state index is 6.09. The Morgan fingerprint density at radius 1 is 1.45 bits per heavy atom. The largest absolute Gasteiger partial charge is 0.396 e. The molecule has 0 atom stereocenters. The summed E-state index contributed by atoms with van der Waals surface area (Å²) >= 11 is 3.50. The van der Waals surface area contributed by atoms with Crippen LogP contribution in [0.4, 0.5) is 11.4 Å². The molecule has 0 saturated heterocycles. The topological polar surface area (TPSA) is 60.2 Å². The van der Waals surface area contributed by atoms with Gasteiger partial charge in [-0.2, -0.15) is 0 Å². The highest BCUT2D eigenvalue weighted by molar-refractivity contribution is 9.10. The minimum Gasteiger partial charge on any atom is -0.396 e. The van der Waals surface area contributed by atoms with Crippen LogP contribution in [0.25, 0.3) is 10.9 Å². The van der Waals surface area contributed by atoms with Gasteiger partial charge in [-0.1, -0.05) is 15.9 Å². The van der Waals surface area contributed by atoms with Gasteiger partial charge in [-0.05, 0) is 38.0 Å². The van der Waals surface area contributed by atoms with Crippen LogP contribution in [0.5, 0.6) is 0 Å². The molecule has 1 aliphatic rings. The molecule has 1 aliphatic carbocycles. The number of halogens is 1. The molecular weight excluding hydrogens is 318 g/mol. The number of ether oxygens (including phenoxy) is 1. The predicted molar refractivity (Wildman–Crippen MR) is 85.9 cm³/mol. The van der Waals surface area contributed by atoms with E-state index in [-0.39, 0.29) is 0 Å². The van der Waals surface area contributed by atoms with E-state index in [1.54, 1.807) is 6.20 Å². The van der Waals surface area contributed by atoms with Crippen molar-refractivity contribution in [3.8, 4) is 0 Å². The first-order chi connectivity index (χ1) is 9.67. The molecule has 0 spiro atoms. The van der Waals surface area contributed by atoms with Crippen molar-refractivity contribution < 1.29 is 4.74 Å². The van der Waals surface area contributed by atoms with Crippen LogP contribution in [0.15, 0.2) is 28.9 Å². The van der Waals surface area contributed by atoms with Gasteiger partial charge in [0.2, 0.25) is 0 Å². The smallest absolute Gasteiger partial charge is 0.0743 e. The van der Waals surface area contributed by atoms with E-state index in [1.165, 1.54) is 0 Å². The Morgan fingerprint density at radius 3 is 3.00 bits per heavy atom. The van der Waals surface area contributed by atoms with Crippen LogP contribution in [-0.2, 0) is 4.74 Å². The summed E-state index contributed by atoms with van der Waals surface area (Å²) < 4.78 is 6.62. The second-order valence-corrected chi connectivity index (χ2v) is 6.06. The van der Waals surface area contributed by atoms with Crippen molar-refractivity contribution in [3.05, 3.63) is 28.9 Å². The molecule has 1 aromatic heterocycles. The number of nitrogens with two attached hydrogens (primary N) is 1. The summed E-state index contributed by atoms with van der Waals surface area (Å²) in [6.45, 7) is 2.82. The zero-order chi connectivity index (χ0) is 14.1. The molecule has 0 amide bonds. The van der Waals surface area contributed by atoms with E-state index in [4.69, 9.17) is 10.5 Å². The monoisotopic (exact) mass is 335 g/mol. The Bertz CT molecular complexity index is 621. The van der Waals surface area contributed by atoms with Crippen molar-refractivity contribution in [1.82, 2.24) is 4.98 Å². The van der Waals surface area contributed by atoms with Crippen LogP contribution in [0.3, 0.4) is 0 Å². The third-order valence-electron chi connectivity index (χ3n) is 3.70. The first-order valence-electron chi connectivity index (χ1n) is 6.89. The van der Waals surface area contributed by atoms with Crippen LogP contribution >= 0.6 is 15.9 Å². The molecule has 1 saturated carbocycles. The zero-order valence-corrected chi connectivity index (χ0v) is 13.0. The number of anilines is 2. The van der Waals surface area contributed by atoms with Gasteiger partial charge in [0, 0.05) is 22.5 Å². The summed E-state index contributed by atoms with van der Waals surface area (Å²) in [5.74, 6) is 0. The van der Waals surface area contributed by atoms with E-state index in [0.717, 1.165) is 40.5 Å². The maximum atomic E-state index is 6.09. The van der Waals surface area contributed by atoms with Gasteiger partial charge in [0.15, 0.2) is 0 Å². The molecule has 0 bridgehead atoms. The number of hydrogen-bond acceptors (Lipinski definition) is 4. The normalized spacial score (nSPS) is 21.7. The number of aromatic nitrogens is 1. The summed E-state index contributed by atoms with van der Waals surface area (Å²) in [5.41, 5.74) is 8.71. The average Bonchev–Trinajstić information content (AvgIpc) is 2.39. The van der Waals surface area contributed by atoms with Crippen LogP contribution in [-0.4, -0.2) is 23.7 Å². The quantitative estimate of drug-likeness (QED) is 0.896. The van der Waals surface area contributed by atoms with Gasteiger partial charge >= 0.3 is 0 Å².